The van der Waals surface area contributed by atoms with E-state index in [1.807, 2.05) is 20.0 Å². The second-order valence-corrected chi connectivity index (χ2v) is 6.16. The Morgan fingerprint density at radius 3 is 2.86 bits per heavy atom. The molecule has 1 unspecified atom stereocenters. The van der Waals surface area contributed by atoms with Gasteiger partial charge in [0, 0.05) is 26.7 Å². The molecule has 1 fully saturated rings. The Kier molecular flexibility index (Phi) is 5.52. The molecule has 1 atom stereocenters. The maximum atomic E-state index is 12.5. The molecule has 5 heteroatoms. The van der Waals surface area contributed by atoms with E-state index in [2.05, 4.69) is 22.5 Å². The molecule has 1 aromatic carbocycles. The number of piperidine rings is 1. The minimum absolute atomic E-state index is 0.0376. The van der Waals surface area contributed by atoms with E-state index in [0.717, 1.165) is 37.3 Å². The fraction of sp³-hybridized carbons (Fsp3) is 0.588. The second kappa shape index (κ2) is 7.38. The van der Waals surface area contributed by atoms with Crippen LogP contribution in [0.3, 0.4) is 0 Å². The van der Waals surface area contributed by atoms with Crippen molar-refractivity contribution in [2.24, 2.45) is 5.92 Å². The number of rotatable bonds is 5. The van der Waals surface area contributed by atoms with Crippen LogP contribution in [0, 0.1) is 5.92 Å². The zero-order chi connectivity index (χ0) is 16.1. The third-order valence-corrected chi connectivity index (χ3v) is 4.22. The van der Waals surface area contributed by atoms with Gasteiger partial charge in [-0.3, -0.25) is 4.79 Å². The van der Waals surface area contributed by atoms with Crippen molar-refractivity contribution >= 4 is 23.0 Å². The Hall–Kier alpha value is -1.91. The minimum Gasteiger partial charge on any atom is -0.397 e. The summed E-state index contributed by atoms with van der Waals surface area (Å²) in [4.78, 5) is 14.8. The molecule has 0 bridgehead atoms. The zero-order valence-electron chi connectivity index (χ0n) is 13.9. The highest BCUT2D eigenvalue weighted by atomic mass is 16.1. The molecule has 0 saturated carbocycles. The smallest absolute Gasteiger partial charge is 0.253 e. The van der Waals surface area contributed by atoms with E-state index in [1.54, 1.807) is 6.07 Å². The molecule has 22 heavy (non-hydrogen) atoms. The van der Waals surface area contributed by atoms with Crippen molar-refractivity contribution in [1.29, 1.82) is 0 Å². The fourth-order valence-electron chi connectivity index (χ4n) is 3.01. The van der Waals surface area contributed by atoms with Gasteiger partial charge in [-0.2, -0.15) is 0 Å². The Morgan fingerprint density at radius 2 is 2.23 bits per heavy atom. The summed E-state index contributed by atoms with van der Waals surface area (Å²) in [6, 6.07) is 3.81. The first-order chi connectivity index (χ1) is 10.6. The molecule has 1 aromatic rings. The molecular weight excluding hydrogens is 276 g/mol. The van der Waals surface area contributed by atoms with Crippen molar-refractivity contribution in [2.45, 2.75) is 33.1 Å². The van der Waals surface area contributed by atoms with Crippen LogP contribution in [-0.2, 0) is 0 Å². The number of anilines is 3. The van der Waals surface area contributed by atoms with Gasteiger partial charge >= 0.3 is 0 Å². The predicted octanol–water partition coefficient (Wildman–Crippen LogP) is 2.69. The van der Waals surface area contributed by atoms with E-state index in [9.17, 15) is 4.79 Å². The SMILES string of the molecule is CCCNC(=O)c1cc(N)c(NC)cc1N1CCCC(C)C1. The molecule has 0 spiro atoms. The second-order valence-electron chi connectivity index (χ2n) is 6.16. The number of amides is 1. The Balaban J connectivity index is 2.37. The number of nitrogens with one attached hydrogen (secondary N) is 2. The van der Waals surface area contributed by atoms with Crippen LogP contribution in [0.2, 0.25) is 0 Å². The van der Waals surface area contributed by atoms with E-state index in [0.29, 0.717) is 23.7 Å². The van der Waals surface area contributed by atoms with Gasteiger partial charge < -0.3 is 21.3 Å². The highest BCUT2D eigenvalue weighted by Gasteiger charge is 2.22. The number of nitrogens with two attached hydrogens (primary N) is 1. The number of nitrogens with zero attached hydrogens (tertiary/aromatic N) is 1. The van der Waals surface area contributed by atoms with Gasteiger partial charge in [-0.1, -0.05) is 13.8 Å². The molecule has 1 saturated heterocycles. The number of carbonyl (C=O) groups is 1. The van der Waals surface area contributed by atoms with Crippen molar-refractivity contribution in [3.63, 3.8) is 0 Å². The maximum absolute atomic E-state index is 12.5. The molecular formula is C17H28N4O. The summed E-state index contributed by atoms with van der Waals surface area (Å²) in [7, 11) is 1.85. The Labute approximate surface area is 133 Å². The van der Waals surface area contributed by atoms with Crippen LogP contribution in [0.25, 0.3) is 0 Å². The molecule has 1 aliphatic heterocycles. The van der Waals surface area contributed by atoms with Gasteiger partial charge in [0.2, 0.25) is 0 Å². The molecule has 0 aromatic heterocycles. The van der Waals surface area contributed by atoms with E-state index >= 15 is 0 Å². The van der Waals surface area contributed by atoms with Gasteiger partial charge in [-0.25, -0.2) is 0 Å². The van der Waals surface area contributed by atoms with Crippen LogP contribution in [0.15, 0.2) is 12.1 Å². The predicted molar refractivity (Wildman–Crippen MR) is 93.6 cm³/mol. The number of carbonyl (C=O) groups excluding carboxylic acids is 1. The largest absolute Gasteiger partial charge is 0.397 e. The van der Waals surface area contributed by atoms with Gasteiger partial charge in [0.15, 0.2) is 0 Å². The molecule has 4 N–H and O–H groups in total. The van der Waals surface area contributed by atoms with E-state index < -0.39 is 0 Å². The van der Waals surface area contributed by atoms with Crippen molar-refractivity contribution in [1.82, 2.24) is 5.32 Å². The maximum Gasteiger partial charge on any atom is 0.253 e. The first-order valence-electron chi connectivity index (χ1n) is 8.21. The van der Waals surface area contributed by atoms with Crippen LogP contribution in [0.1, 0.15) is 43.5 Å². The van der Waals surface area contributed by atoms with Crippen LogP contribution in [0.5, 0.6) is 0 Å². The van der Waals surface area contributed by atoms with E-state index in [1.165, 1.54) is 6.42 Å². The van der Waals surface area contributed by atoms with E-state index in [-0.39, 0.29) is 5.91 Å². The van der Waals surface area contributed by atoms with Crippen LogP contribution >= 0.6 is 0 Å². The monoisotopic (exact) mass is 304 g/mol. The van der Waals surface area contributed by atoms with E-state index in [4.69, 9.17) is 5.73 Å². The molecule has 5 nitrogen and oxygen atoms in total. The number of hydrogen-bond donors (Lipinski definition) is 3. The van der Waals surface area contributed by atoms with Crippen LogP contribution in [-0.4, -0.2) is 32.6 Å². The summed E-state index contributed by atoms with van der Waals surface area (Å²) >= 11 is 0. The summed E-state index contributed by atoms with van der Waals surface area (Å²) in [5.41, 5.74) is 9.21. The molecule has 1 aliphatic rings. The average Bonchev–Trinajstić information content (AvgIpc) is 2.52. The average molecular weight is 304 g/mol. The lowest BCUT2D eigenvalue weighted by Crippen LogP contribution is -2.36. The number of benzene rings is 1. The van der Waals surface area contributed by atoms with Crippen molar-refractivity contribution < 1.29 is 4.79 Å². The van der Waals surface area contributed by atoms with Crippen molar-refractivity contribution in [3.05, 3.63) is 17.7 Å². The number of hydrogen-bond acceptors (Lipinski definition) is 4. The quantitative estimate of drug-likeness (QED) is 0.732. The lowest BCUT2D eigenvalue weighted by Gasteiger charge is -2.34. The highest BCUT2D eigenvalue weighted by molar-refractivity contribution is 6.02. The molecule has 0 radical (unpaired) electrons. The molecule has 1 heterocycles. The van der Waals surface area contributed by atoms with Gasteiger partial charge in [0.1, 0.15) is 0 Å². The fourth-order valence-corrected chi connectivity index (χ4v) is 3.01. The summed E-state index contributed by atoms with van der Waals surface area (Å²) in [6.07, 6.45) is 3.34. The molecule has 2 rings (SSSR count). The minimum atomic E-state index is -0.0376. The number of nitrogen functional groups attached to an aromatic ring is 1. The third-order valence-electron chi connectivity index (χ3n) is 4.22. The topological polar surface area (TPSA) is 70.4 Å². The standard InChI is InChI=1S/C17H28N4O/c1-4-7-20-17(22)13-9-14(18)15(19-3)10-16(13)21-8-5-6-12(2)11-21/h9-10,12,19H,4-8,11,18H2,1-3H3,(H,20,22). The lowest BCUT2D eigenvalue weighted by molar-refractivity contribution is 0.0954. The molecule has 1 amide bonds. The molecule has 0 aliphatic carbocycles. The van der Waals surface area contributed by atoms with Gasteiger partial charge in [-0.05, 0) is 37.3 Å². The first kappa shape index (κ1) is 16.5. The van der Waals surface area contributed by atoms with Crippen LogP contribution < -0.4 is 21.3 Å². The highest BCUT2D eigenvalue weighted by Crippen LogP contribution is 2.32. The summed E-state index contributed by atoms with van der Waals surface area (Å²) in [6.45, 7) is 6.97. The normalized spacial score (nSPS) is 18.1. The van der Waals surface area contributed by atoms with Crippen molar-refractivity contribution in [2.75, 3.05) is 42.6 Å². The van der Waals surface area contributed by atoms with Gasteiger partial charge in [-0.15, -0.1) is 0 Å². The van der Waals surface area contributed by atoms with Crippen LogP contribution in [0.4, 0.5) is 17.1 Å². The third kappa shape index (κ3) is 3.64. The van der Waals surface area contributed by atoms with Gasteiger partial charge in [0.05, 0.1) is 22.6 Å². The zero-order valence-corrected chi connectivity index (χ0v) is 13.9. The molecule has 122 valence electrons. The Bertz CT molecular complexity index is 530. The van der Waals surface area contributed by atoms with Crippen molar-refractivity contribution in [3.8, 4) is 0 Å². The lowest BCUT2D eigenvalue weighted by atomic mass is 9.98. The summed E-state index contributed by atoms with van der Waals surface area (Å²) < 4.78 is 0. The van der Waals surface area contributed by atoms with Gasteiger partial charge in [0.25, 0.3) is 5.91 Å². The first-order valence-corrected chi connectivity index (χ1v) is 8.21. The summed E-state index contributed by atoms with van der Waals surface area (Å²) in [5.74, 6) is 0.611. The summed E-state index contributed by atoms with van der Waals surface area (Å²) in [5, 5.41) is 6.07. The Morgan fingerprint density at radius 1 is 1.45 bits per heavy atom.